The van der Waals surface area contributed by atoms with Crippen LogP contribution in [0.1, 0.15) is 0 Å². The minimum Gasteiger partial charge on any atom is -0.693 e. The van der Waals surface area contributed by atoms with E-state index < -0.39 is 0 Å². The monoisotopic (exact) mass is 202 g/mol. The number of nitrogens with two attached hydrogens (primary N) is 2. The van der Waals surface area contributed by atoms with Crippen LogP contribution >= 0.6 is 0 Å². The van der Waals surface area contributed by atoms with Crippen molar-refractivity contribution in [3.8, 4) is 0 Å². The summed E-state index contributed by atoms with van der Waals surface area (Å²) in [5, 5.41) is 0. The molecule has 0 aromatic heterocycles. The smallest absolute Gasteiger partial charge is 0.693 e. The molecule has 0 aliphatic rings. The third-order valence-electron chi connectivity index (χ3n) is 0. The van der Waals surface area contributed by atoms with Crippen LogP contribution in [0.5, 0.6) is 0 Å². The van der Waals surface area contributed by atoms with Gasteiger partial charge in [0.25, 0.3) is 0 Å². The summed E-state index contributed by atoms with van der Waals surface area (Å²) in [5.41, 5.74) is 0. The Morgan fingerprint density at radius 1 is 0.429 bits per heavy atom. The van der Waals surface area contributed by atoms with Crippen LogP contribution in [0.15, 0.2) is 0 Å². The van der Waals surface area contributed by atoms with Gasteiger partial charge in [0, 0.05) is 0 Å². The van der Waals surface area contributed by atoms with Gasteiger partial charge >= 0.3 is 19.5 Å². The van der Waals surface area contributed by atoms with E-state index in [1.807, 2.05) is 0 Å². The third kappa shape index (κ3) is 834. The van der Waals surface area contributed by atoms with Crippen LogP contribution in [0, 0.1) is 0 Å². The van der Waals surface area contributed by atoms with E-state index in [0.717, 1.165) is 0 Å². The minimum atomic E-state index is 0. The number of hydrogen-bond donors (Lipinski definition) is 4. The SMILES string of the molecule is N.N.N.N.[NH2-].[NH2-].[Ru+2]. The van der Waals surface area contributed by atoms with E-state index >= 15 is 0 Å². The minimum absolute atomic E-state index is 0. The Labute approximate surface area is 57.1 Å². The molecule has 0 aromatic rings. The molecule has 0 atom stereocenters. The molecule has 6 nitrogen and oxygen atoms in total. The molecule has 0 unspecified atom stereocenters. The van der Waals surface area contributed by atoms with E-state index in [9.17, 15) is 0 Å². The molecule has 0 saturated carbocycles. The quantitative estimate of drug-likeness (QED) is 0.433. The van der Waals surface area contributed by atoms with Crippen LogP contribution in [0.4, 0.5) is 0 Å². The van der Waals surface area contributed by atoms with Gasteiger partial charge in [-0.15, -0.1) is 0 Å². The molecular weight excluding hydrogens is 185 g/mol. The summed E-state index contributed by atoms with van der Waals surface area (Å²) in [6.45, 7) is 0. The Kier molecular flexibility index (Phi) is 368000. The van der Waals surface area contributed by atoms with Crippen molar-refractivity contribution < 1.29 is 19.5 Å². The van der Waals surface area contributed by atoms with Crippen molar-refractivity contribution in [2.24, 2.45) is 0 Å². The van der Waals surface area contributed by atoms with Gasteiger partial charge in [-0.3, -0.25) is 0 Å². The van der Waals surface area contributed by atoms with Gasteiger partial charge in [0.15, 0.2) is 0 Å². The van der Waals surface area contributed by atoms with E-state index in [-0.39, 0.29) is 56.4 Å². The van der Waals surface area contributed by atoms with E-state index in [1.165, 1.54) is 0 Å². The molecule has 0 amide bonds. The van der Waals surface area contributed by atoms with Crippen molar-refractivity contribution in [2.75, 3.05) is 0 Å². The van der Waals surface area contributed by atoms with Crippen LogP contribution < -0.4 is 24.6 Å². The van der Waals surface area contributed by atoms with Crippen LogP contribution in [0.2, 0.25) is 0 Å². The standard InChI is InChI=1S/4H3N.2H2N.Ru/h4*1H3;2*1H2;/q;;;;2*-1;+2. The van der Waals surface area contributed by atoms with E-state index in [2.05, 4.69) is 0 Å². The van der Waals surface area contributed by atoms with Gasteiger partial charge < -0.3 is 36.9 Å². The van der Waals surface area contributed by atoms with Crippen molar-refractivity contribution >= 4 is 0 Å². The van der Waals surface area contributed by atoms with E-state index in [0.29, 0.717) is 0 Å². The second-order valence-electron chi connectivity index (χ2n) is 0. The fourth-order valence-electron chi connectivity index (χ4n) is 0. The Balaban J connectivity index is 0. The average Bonchev–Trinajstić information content (AvgIpc) is 0. The van der Waals surface area contributed by atoms with Crippen molar-refractivity contribution in [3.63, 3.8) is 0 Å². The fraction of sp³-hybridized carbons (Fsp3) is 0. The maximum absolute atomic E-state index is 0. The van der Waals surface area contributed by atoms with Crippen molar-refractivity contribution in [3.05, 3.63) is 12.3 Å². The molecule has 54 valence electrons. The zero-order valence-corrected chi connectivity index (χ0v) is 6.07. The summed E-state index contributed by atoms with van der Waals surface area (Å²) < 4.78 is 0. The molecule has 0 aliphatic carbocycles. The molecule has 7 heavy (non-hydrogen) atoms. The normalized spacial score (nSPS) is 0. The average molecular weight is 201 g/mol. The first-order valence-corrected chi connectivity index (χ1v) is 0. The largest absolute Gasteiger partial charge is 2.00 e. The number of hydrogen-bond acceptors (Lipinski definition) is 4. The second kappa shape index (κ2) is 1260. The molecule has 0 spiro atoms. The fourth-order valence-corrected chi connectivity index (χ4v) is 0. The zero-order valence-electron chi connectivity index (χ0n) is 4.34. The Morgan fingerprint density at radius 2 is 0.429 bits per heavy atom. The van der Waals surface area contributed by atoms with Crippen LogP contribution in [-0.2, 0) is 19.5 Å². The van der Waals surface area contributed by atoms with Crippen molar-refractivity contribution in [2.45, 2.75) is 0 Å². The zero-order chi connectivity index (χ0) is 0. The third-order valence-corrected chi connectivity index (χ3v) is 0. The van der Waals surface area contributed by atoms with Gasteiger partial charge in [0.2, 0.25) is 0 Å². The first kappa shape index (κ1) is 2050. The molecule has 16 N–H and O–H groups in total. The topological polar surface area (TPSA) is 207 Å². The summed E-state index contributed by atoms with van der Waals surface area (Å²) >= 11 is 0. The van der Waals surface area contributed by atoms with Gasteiger partial charge in [-0.25, -0.2) is 0 Å². The Bertz CT molecular complexity index is 4.14. The van der Waals surface area contributed by atoms with Crippen LogP contribution in [-0.4, -0.2) is 0 Å². The molecule has 0 bridgehead atoms. The first-order valence-electron chi connectivity index (χ1n) is 0. The van der Waals surface area contributed by atoms with Gasteiger partial charge in [-0.1, -0.05) is 0 Å². The van der Waals surface area contributed by atoms with Gasteiger partial charge in [0.1, 0.15) is 0 Å². The van der Waals surface area contributed by atoms with Gasteiger partial charge in [-0.2, -0.15) is 0 Å². The van der Waals surface area contributed by atoms with E-state index in [4.69, 9.17) is 0 Å². The summed E-state index contributed by atoms with van der Waals surface area (Å²) in [7, 11) is 0. The molecule has 0 rings (SSSR count). The van der Waals surface area contributed by atoms with Crippen molar-refractivity contribution in [1.82, 2.24) is 24.6 Å². The maximum atomic E-state index is 0. The van der Waals surface area contributed by atoms with Gasteiger partial charge in [0.05, 0.1) is 0 Å². The first-order chi connectivity index (χ1) is 0. The molecule has 0 aromatic carbocycles. The predicted octanol–water partition coefficient (Wildman–Crippen LogP) is 2.08. The molecule has 0 heterocycles. The number of rotatable bonds is 0. The molecule has 0 saturated heterocycles. The second-order valence-corrected chi connectivity index (χ2v) is 0. The van der Waals surface area contributed by atoms with Crippen molar-refractivity contribution in [1.29, 1.82) is 0 Å². The van der Waals surface area contributed by atoms with E-state index in [1.54, 1.807) is 0 Å². The Morgan fingerprint density at radius 3 is 0.429 bits per heavy atom. The summed E-state index contributed by atoms with van der Waals surface area (Å²) in [6.07, 6.45) is 0. The van der Waals surface area contributed by atoms with Gasteiger partial charge in [-0.05, 0) is 0 Å². The van der Waals surface area contributed by atoms with Crippen LogP contribution in [0.25, 0.3) is 12.3 Å². The van der Waals surface area contributed by atoms with Crippen LogP contribution in [0.3, 0.4) is 0 Å². The Hall–Kier alpha value is 0.383. The predicted molar refractivity (Wildman–Crippen MR) is 30.7 cm³/mol. The molecular formula is H16N6Ru. The molecule has 0 radical (unpaired) electrons. The maximum Gasteiger partial charge on any atom is 2.00 e. The molecule has 7 heteroatoms. The molecule has 0 fully saturated rings. The molecule has 0 aliphatic heterocycles. The summed E-state index contributed by atoms with van der Waals surface area (Å²) in [4.78, 5) is 0. The summed E-state index contributed by atoms with van der Waals surface area (Å²) in [6, 6.07) is 0. The summed E-state index contributed by atoms with van der Waals surface area (Å²) in [5.74, 6) is 0.